The third-order valence-electron chi connectivity index (χ3n) is 6.23. The van der Waals surface area contributed by atoms with E-state index >= 15 is 0 Å². The first-order valence-electron chi connectivity index (χ1n) is 11.6. The van der Waals surface area contributed by atoms with Gasteiger partial charge in [0.1, 0.15) is 6.10 Å². The van der Waals surface area contributed by atoms with Crippen molar-refractivity contribution in [3.8, 4) is 0 Å². The zero-order chi connectivity index (χ0) is 22.9. The van der Waals surface area contributed by atoms with Crippen molar-refractivity contribution in [1.82, 2.24) is 9.80 Å². The van der Waals surface area contributed by atoms with Crippen molar-refractivity contribution < 1.29 is 9.66 Å². The van der Waals surface area contributed by atoms with Gasteiger partial charge in [-0.25, -0.2) is 0 Å². The molecule has 1 saturated heterocycles. The Morgan fingerprint density at radius 1 is 0.758 bits per heavy atom. The fraction of sp³-hybridized carbons (Fsp3) is 0.333. The Balaban J connectivity index is 1.21. The first-order valence-corrected chi connectivity index (χ1v) is 11.6. The number of non-ortho nitro benzene ring substituents is 1. The van der Waals surface area contributed by atoms with Crippen LogP contribution in [0.5, 0.6) is 0 Å². The van der Waals surface area contributed by atoms with Gasteiger partial charge in [-0.15, -0.1) is 0 Å². The number of ether oxygens (including phenoxy) is 1. The van der Waals surface area contributed by atoms with Gasteiger partial charge in [0.2, 0.25) is 0 Å². The van der Waals surface area contributed by atoms with Crippen molar-refractivity contribution in [2.24, 2.45) is 0 Å². The van der Waals surface area contributed by atoms with Gasteiger partial charge >= 0.3 is 0 Å². The highest BCUT2D eigenvalue weighted by Gasteiger charge is 2.18. The molecule has 1 aliphatic rings. The van der Waals surface area contributed by atoms with Gasteiger partial charge in [0.05, 0.1) is 11.5 Å². The van der Waals surface area contributed by atoms with E-state index in [1.165, 1.54) is 11.1 Å². The van der Waals surface area contributed by atoms with Crippen LogP contribution in [0.2, 0.25) is 0 Å². The predicted molar refractivity (Wildman–Crippen MR) is 130 cm³/mol. The van der Waals surface area contributed by atoms with Crippen LogP contribution < -0.4 is 0 Å². The fourth-order valence-corrected chi connectivity index (χ4v) is 4.25. The van der Waals surface area contributed by atoms with E-state index in [-0.39, 0.29) is 16.7 Å². The zero-order valence-corrected chi connectivity index (χ0v) is 18.9. The minimum absolute atomic E-state index is 0.0459. The Labute approximate surface area is 195 Å². The van der Waals surface area contributed by atoms with Crippen LogP contribution in [0.25, 0.3) is 0 Å². The molecule has 1 fully saturated rings. The minimum Gasteiger partial charge on any atom is -0.367 e. The molecule has 0 aromatic heterocycles. The highest BCUT2D eigenvalue weighted by Crippen LogP contribution is 2.25. The van der Waals surface area contributed by atoms with Crippen LogP contribution in [0.15, 0.2) is 84.9 Å². The number of hydrogen-bond donors (Lipinski definition) is 0. The molecule has 3 aromatic rings. The highest BCUT2D eigenvalue weighted by molar-refractivity contribution is 5.33. The lowest BCUT2D eigenvalue weighted by molar-refractivity contribution is -0.384. The van der Waals surface area contributed by atoms with E-state index in [0.717, 1.165) is 51.3 Å². The van der Waals surface area contributed by atoms with Crippen molar-refractivity contribution >= 4 is 5.69 Å². The Morgan fingerprint density at radius 3 is 1.79 bits per heavy atom. The van der Waals surface area contributed by atoms with E-state index in [1.807, 2.05) is 24.3 Å². The molecule has 0 atom stereocenters. The van der Waals surface area contributed by atoms with Crippen LogP contribution in [0.3, 0.4) is 0 Å². The lowest BCUT2D eigenvalue weighted by atomic mass is 10.0. The van der Waals surface area contributed by atoms with Crippen LogP contribution in [0.4, 0.5) is 5.69 Å². The molecule has 6 nitrogen and oxygen atoms in total. The van der Waals surface area contributed by atoms with Gasteiger partial charge in [-0.1, -0.05) is 72.8 Å². The maximum Gasteiger partial charge on any atom is 0.269 e. The molecule has 0 saturated carbocycles. The van der Waals surface area contributed by atoms with E-state index < -0.39 is 0 Å². The monoisotopic (exact) mass is 445 g/mol. The molecule has 4 rings (SSSR count). The van der Waals surface area contributed by atoms with E-state index in [9.17, 15) is 10.1 Å². The van der Waals surface area contributed by atoms with Crippen LogP contribution in [0, 0.1) is 10.1 Å². The summed E-state index contributed by atoms with van der Waals surface area (Å²) >= 11 is 0. The number of nitrogens with zero attached hydrogens (tertiary/aromatic N) is 3. The lowest BCUT2D eigenvalue weighted by Crippen LogP contribution is -2.47. The van der Waals surface area contributed by atoms with Gasteiger partial charge < -0.3 is 9.64 Å². The molecule has 1 heterocycles. The molecule has 0 unspecified atom stereocenters. The van der Waals surface area contributed by atoms with Crippen LogP contribution >= 0.6 is 0 Å². The highest BCUT2D eigenvalue weighted by atomic mass is 16.6. The zero-order valence-electron chi connectivity index (χ0n) is 18.9. The number of rotatable bonds is 10. The summed E-state index contributed by atoms with van der Waals surface area (Å²) in [6.07, 6.45) is 0.868. The fourth-order valence-electron chi connectivity index (χ4n) is 4.25. The van der Waals surface area contributed by atoms with Crippen LogP contribution in [0.1, 0.15) is 22.8 Å². The van der Waals surface area contributed by atoms with Gasteiger partial charge in [0, 0.05) is 51.4 Å². The van der Waals surface area contributed by atoms with Crippen molar-refractivity contribution in [1.29, 1.82) is 0 Å². The van der Waals surface area contributed by atoms with Crippen LogP contribution in [-0.4, -0.2) is 60.6 Å². The average Bonchev–Trinajstić information content (AvgIpc) is 2.87. The standard InChI is InChI=1S/C27H31N3O3/c31-30(32)26-13-11-23(12-14-26)15-16-28-17-19-29(20-18-28)21-22-33-27(24-7-3-1-4-8-24)25-9-5-2-6-10-25/h1-14,27H,15-22H2. The second-order valence-corrected chi connectivity index (χ2v) is 8.43. The third kappa shape index (κ3) is 6.71. The Bertz CT molecular complexity index is 949. The molecule has 6 heteroatoms. The quantitative estimate of drug-likeness (QED) is 0.338. The second kappa shape index (κ2) is 11.7. The predicted octanol–water partition coefficient (Wildman–Crippen LogP) is 4.56. The lowest BCUT2D eigenvalue weighted by Gasteiger charge is -2.35. The molecular formula is C27H31N3O3. The second-order valence-electron chi connectivity index (χ2n) is 8.43. The topological polar surface area (TPSA) is 58.9 Å². The Hall–Kier alpha value is -3.06. The number of nitro groups is 1. The minimum atomic E-state index is -0.353. The van der Waals surface area contributed by atoms with Gasteiger partial charge in [0.15, 0.2) is 0 Å². The first-order chi connectivity index (χ1) is 16.2. The average molecular weight is 446 g/mol. The van der Waals surface area contributed by atoms with Crippen molar-refractivity contribution in [2.75, 3.05) is 45.9 Å². The maximum atomic E-state index is 10.8. The summed E-state index contributed by atoms with van der Waals surface area (Å²) < 4.78 is 6.37. The summed E-state index contributed by atoms with van der Waals surface area (Å²) in [5.41, 5.74) is 3.65. The first kappa shape index (κ1) is 23.1. The Morgan fingerprint density at radius 2 is 1.27 bits per heavy atom. The molecule has 0 aliphatic carbocycles. The summed E-state index contributed by atoms with van der Waals surface area (Å²) in [6, 6.07) is 27.7. The van der Waals surface area contributed by atoms with Gasteiger partial charge in [-0.05, 0) is 23.1 Å². The van der Waals surface area contributed by atoms with E-state index in [2.05, 4.69) is 58.3 Å². The number of hydrogen-bond acceptors (Lipinski definition) is 5. The van der Waals surface area contributed by atoms with E-state index in [0.29, 0.717) is 6.61 Å². The molecule has 0 N–H and O–H groups in total. The van der Waals surface area contributed by atoms with Gasteiger partial charge in [-0.3, -0.25) is 15.0 Å². The molecule has 3 aromatic carbocycles. The molecule has 0 radical (unpaired) electrons. The molecule has 0 amide bonds. The summed E-state index contributed by atoms with van der Waals surface area (Å²) in [6.45, 7) is 6.73. The SMILES string of the molecule is O=[N+]([O-])c1ccc(CCN2CCN(CCOC(c3ccccc3)c3ccccc3)CC2)cc1. The van der Waals surface area contributed by atoms with Crippen LogP contribution in [-0.2, 0) is 11.2 Å². The molecule has 33 heavy (non-hydrogen) atoms. The largest absolute Gasteiger partial charge is 0.367 e. The van der Waals surface area contributed by atoms with E-state index in [4.69, 9.17) is 4.74 Å². The van der Waals surface area contributed by atoms with E-state index in [1.54, 1.807) is 12.1 Å². The molecule has 0 bridgehead atoms. The summed E-state index contributed by atoms with van der Waals surface area (Å²) in [7, 11) is 0. The Kier molecular flexibility index (Phi) is 8.19. The normalized spacial score (nSPS) is 15.1. The maximum absolute atomic E-state index is 10.8. The number of nitro benzene ring substituents is 1. The third-order valence-corrected chi connectivity index (χ3v) is 6.23. The van der Waals surface area contributed by atoms with Gasteiger partial charge in [0.25, 0.3) is 5.69 Å². The summed E-state index contributed by atoms with van der Waals surface area (Å²) in [4.78, 5) is 15.4. The molecule has 172 valence electrons. The van der Waals surface area contributed by atoms with Crippen molar-refractivity contribution in [3.63, 3.8) is 0 Å². The molecular weight excluding hydrogens is 414 g/mol. The van der Waals surface area contributed by atoms with Crippen molar-refractivity contribution in [3.05, 3.63) is 112 Å². The smallest absolute Gasteiger partial charge is 0.269 e. The molecule has 0 spiro atoms. The number of benzene rings is 3. The number of piperazine rings is 1. The van der Waals surface area contributed by atoms with Gasteiger partial charge in [-0.2, -0.15) is 0 Å². The summed E-state index contributed by atoms with van der Waals surface area (Å²) in [5, 5.41) is 10.8. The van der Waals surface area contributed by atoms with Crippen molar-refractivity contribution in [2.45, 2.75) is 12.5 Å². The summed E-state index contributed by atoms with van der Waals surface area (Å²) in [5.74, 6) is 0. The molecule has 1 aliphatic heterocycles.